The van der Waals surface area contributed by atoms with Gasteiger partial charge in [-0.15, -0.1) is 0 Å². The van der Waals surface area contributed by atoms with Crippen LogP contribution in [0, 0.1) is 6.92 Å². The van der Waals surface area contributed by atoms with E-state index in [-0.39, 0.29) is 6.03 Å². The Labute approximate surface area is 142 Å². The normalized spacial score (nSPS) is 10.2. The van der Waals surface area contributed by atoms with Gasteiger partial charge in [0.1, 0.15) is 12.4 Å². The summed E-state index contributed by atoms with van der Waals surface area (Å²) in [4.78, 5) is 13.6. The van der Waals surface area contributed by atoms with Crippen LogP contribution >= 0.6 is 11.6 Å². The van der Waals surface area contributed by atoms with Gasteiger partial charge >= 0.3 is 6.03 Å². The molecule has 23 heavy (non-hydrogen) atoms. The van der Waals surface area contributed by atoms with E-state index in [9.17, 15) is 4.79 Å². The molecule has 5 heteroatoms. The zero-order chi connectivity index (χ0) is 16.7. The van der Waals surface area contributed by atoms with Gasteiger partial charge in [-0.05, 0) is 36.8 Å². The monoisotopic (exact) mass is 332 g/mol. The minimum Gasteiger partial charge on any atom is -0.492 e. The summed E-state index contributed by atoms with van der Waals surface area (Å²) in [5.41, 5.74) is 2.16. The SMILES string of the molecule is Cc1ccc(OCCN(C)C(=O)NCc2cccc(Cl)c2)cc1. The summed E-state index contributed by atoms with van der Waals surface area (Å²) in [5.74, 6) is 0.809. The van der Waals surface area contributed by atoms with Crippen molar-refractivity contribution in [2.75, 3.05) is 20.2 Å². The first-order valence-electron chi connectivity index (χ1n) is 7.47. The molecule has 0 atom stereocenters. The van der Waals surface area contributed by atoms with Crippen LogP contribution in [0.3, 0.4) is 0 Å². The molecule has 0 saturated carbocycles. The number of hydrogen-bond donors (Lipinski definition) is 1. The summed E-state index contributed by atoms with van der Waals surface area (Å²) in [7, 11) is 1.74. The number of rotatable bonds is 6. The molecular formula is C18H21ClN2O2. The average molecular weight is 333 g/mol. The van der Waals surface area contributed by atoms with Gasteiger partial charge in [-0.1, -0.05) is 41.4 Å². The molecule has 2 amide bonds. The summed E-state index contributed by atoms with van der Waals surface area (Å²) in [6, 6.07) is 15.1. The maximum Gasteiger partial charge on any atom is 0.317 e. The Morgan fingerprint density at radius 3 is 2.65 bits per heavy atom. The average Bonchev–Trinajstić information content (AvgIpc) is 2.54. The number of amides is 2. The van der Waals surface area contributed by atoms with Crippen molar-refractivity contribution >= 4 is 17.6 Å². The highest BCUT2D eigenvalue weighted by Gasteiger charge is 2.08. The second-order valence-electron chi connectivity index (χ2n) is 5.37. The van der Waals surface area contributed by atoms with E-state index in [0.717, 1.165) is 11.3 Å². The van der Waals surface area contributed by atoms with Crippen LogP contribution in [0.4, 0.5) is 4.79 Å². The van der Waals surface area contributed by atoms with Crippen molar-refractivity contribution < 1.29 is 9.53 Å². The minimum atomic E-state index is -0.141. The third-order valence-electron chi connectivity index (χ3n) is 3.40. The molecule has 2 aromatic rings. The predicted octanol–water partition coefficient (Wildman–Crippen LogP) is 3.87. The lowest BCUT2D eigenvalue weighted by molar-refractivity contribution is 0.195. The van der Waals surface area contributed by atoms with Crippen molar-refractivity contribution in [3.63, 3.8) is 0 Å². The molecule has 0 aliphatic heterocycles. The number of aryl methyl sites for hydroxylation is 1. The zero-order valence-electron chi connectivity index (χ0n) is 13.4. The summed E-state index contributed by atoms with van der Waals surface area (Å²) in [5, 5.41) is 3.52. The van der Waals surface area contributed by atoms with Crippen LogP contribution in [-0.2, 0) is 6.54 Å². The number of ether oxygens (including phenoxy) is 1. The lowest BCUT2D eigenvalue weighted by atomic mass is 10.2. The molecule has 0 fully saturated rings. The van der Waals surface area contributed by atoms with Crippen molar-refractivity contribution in [2.24, 2.45) is 0 Å². The second kappa shape index (κ2) is 8.44. The van der Waals surface area contributed by atoms with E-state index in [1.54, 1.807) is 18.0 Å². The van der Waals surface area contributed by atoms with Gasteiger partial charge in [-0.25, -0.2) is 4.79 Å². The maximum absolute atomic E-state index is 12.0. The van der Waals surface area contributed by atoms with Crippen molar-refractivity contribution in [1.29, 1.82) is 0 Å². The van der Waals surface area contributed by atoms with Crippen LogP contribution in [0.5, 0.6) is 5.75 Å². The molecular weight excluding hydrogens is 312 g/mol. The van der Waals surface area contributed by atoms with Gasteiger partial charge < -0.3 is 15.0 Å². The molecule has 0 aliphatic rings. The number of halogens is 1. The van der Waals surface area contributed by atoms with Gasteiger partial charge in [0.05, 0.1) is 6.54 Å². The molecule has 122 valence electrons. The first-order chi connectivity index (χ1) is 11.0. The van der Waals surface area contributed by atoms with Gasteiger partial charge in [-0.3, -0.25) is 0 Å². The fourth-order valence-corrected chi connectivity index (χ4v) is 2.21. The van der Waals surface area contributed by atoms with Crippen molar-refractivity contribution in [3.05, 3.63) is 64.7 Å². The quantitative estimate of drug-likeness (QED) is 0.872. The van der Waals surface area contributed by atoms with Gasteiger partial charge in [0.25, 0.3) is 0 Å². The lowest BCUT2D eigenvalue weighted by Crippen LogP contribution is -2.39. The van der Waals surface area contributed by atoms with Crippen molar-refractivity contribution in [1.82, 2.24) is 10.2 Å². The summed E-state index contributed by atoms with van der Waals surface area (Å²) in [6.07, 6.45) is 0. The highest BCUT2D eigenvalue weighted by molar-refractivity contribution is 6.30. The van der Waals surface area contributed by atoms with Crippen LogP contribution in [0.15, 0.2) is 48.5 Å². The van der Waals surface area contributed by atoms with E-state index >= 15 is 0 Å². The fraction of sp³-hybridized carbons (Fsp3) is 0.278. The third kappa shape index (κ3) is 5.83. The molecule has 2 aromatic carbocycles. The van der Waals surface area contributed by atoms with E-state index in [0.29, 0.717) is 24.7 Å². The number of benzene rings is 2. The number of carbonyl (C=O) groups is 1. The Hall–Kier alpha value is -2.20. The molecule has 0 bridgehead atoms. The molecule has 0 aromatic heterocycles. The van der Waals surface area contributed by atoms with Crippen molar-refractivity contribution in [2.45, 2.75) is 13.5 Å². The van der Waals surface area contributed by atoms with Gasteiger partial charge in [0.2, 0.25) is 0 Å². The van der Waals surface area contributed by atoms with E-state index in [2.05, 4.69) is 5.32 Å². The minimum absolute atomic E-state index is 0.141. The smallest absolute Gasteiger partial charge is 0.317 e. The first-order valence-corrected chi connectivity index (χ1v) is 7.85. The third-order valence-corrected chi connectivity index (χ3v) is 3.63. The van der Waals surface area contributed by atoms with Crippen molar-refractivity contribution in [3.8, 4) is 5.75 Å². The zero-order valence-corrected chi connectivity index (χ0v) is 14.1. The number of nitrogens with one attached hydrogen (secondary N) is 1. The Kier molecular flexibility index (Phi) is 6.29. The maximum atomic E-state index is 12.0. The predicted molar refractivity (Wildman–Crippen MR) is 93.0 cm³/mol. The molecule has 1 N–H and O–H groups in total. The number of urea groups is 1. The van der Waals surface area contributed by atoms with Gasteiger partial charge in [0.15, 0.2) is 0 Å². The van der Waals surface area contributed by atoms with Crippen LogP contribution in [-0.4, -0.2) is 31.1 Å². The molecule has 0 spiro atoms. The molecule has 4 nitrogen and oxygen atoms in total. The van der Waals surface area contributed by atoms with Crippen LogP contribution in [0.25, 0.3) is 0 Å². The van der Waals surface area contributed by atoms with E-state index in [1.807, 2.05) is 49.4 Å². The number of carbonyl (C=O) groups excluding carboxylic acids is 1. The standard InChI is InChI=1S/C18H21ClN2O2/c1-14-6-8-17(9-7-14)23-11-10-21(2)18(22)20-13-15-4-3-5-16(19)12-15/h3-9,12H,10-11,13H2,1-2H3,(H,20,22). The molecule has 0 unspecified atom stereocenters. The number of hydrogen-bond acceptors (Lipinski definition) is 2. The largest absolute Gasteiger partial charge is 0.492 e. The highest BCUT2D eigenvalue weighted by atomic mass is 35.5. The molecule has 0 saturated heterocycles. The van der Waals surface area contributed by atoms with Crippen LogP contribution in [0.2, 0.25) is 5.02 Å². The van der Waals surface area contributed by atoms with E-state index in [1.165, 1.54) is 5.56 Å². The summed E-state index contributed by atoms with van der Waals surface area (Å²) >= 11 is 5.92. The molecule has 0 heterocycles. The number of nitrogens with zero attached hydrogens (tertiary/aromatic N) is 1. The topological polar surface area (TPSA) is 41.6 Å². The van der Waals surface area contributed by atoms with Gasteiger partial charge in [-0.2, -0.15) is 0 Å². The van der Waals surface area contributed by atoms with E-state index < -0.39 is 0 Å². The Morgan fingerprint density at radius 1 is 1.22 bits per heavy atom. The summed E-state index contributed by atoms with van der Waals surface area (Å²) in [6.45, 7) is 3.43. The lowest BCUT2D eigenvalue weighted by Gasteiger charge is -2.18. The Balaban J connectivity index is 1.71. The molecule has 2 rings (SSSR count). The highest BCUT2D eigenvalue weighted by Crippen LogP contribution is 2.11. The second-order valence-corrected chi connectivity index (χ2v) is 5.81. The van der Waals surface area contributed by atoms with E-state index in [4.69, 9.17) is 16.3 Å². The Morgan fingerprint density at radius 2 is 1.96 bits per heavy atom. The van der Waals surface area contributed by atoms with Gasteiger partial charge in [0, 0.05) is 18.6 Å². The number of likely N-dealkylation sites (N-methyl/N-ethyl adjacent to an activating group) is 1. The van der Waals surface area contributed by atoms with Crippen LogP contribution < -0.4 is 10.1 Å². The fourth-order valence-electron chi connectivity index (χ4n) is 2.00. The molecule has 0 radical (unpaired) electrons. The molecule has 0 aliphatic carbocycles. The Bertz CT molecular complexity index is 644. The van der Waals surface area contributed by atoms with Crippen LogP contribution in [0.1, 0.15) is 11.1 Å². The summed E-state index contributed by atoms with van der Waals surface area (Å²) < 4.78 is 5.62. The first kappa shape index (κ1) is 17.2.